The molecule has 12 atom stereocenters. The second kappa shape index (κ2) is 8.82. The summed E-state index contributed by atoms with van der Waals surface area (Å²) in [5.74, 6) is 0.437. The molecule has 6 aliphatic rings. The van der Waals surface area contributed by atoms with Crippen molar-refractivity contribution in [1.29, 1.82) is 0 Å². The number of fused-ring (bicyclic) bond motifs is 4. The van der Waals surface area contributed by atoms with E-state index in [2.05, 4.69) is 13.8 Å². The number of Topliss-reactive ketones (excluding diaryl/α,β-unsaturated/α-hetero) is 1. The molecule has 1 spiro atoms. The van der Waals surface area contributed by atoms with Crippen LogP contribution in [0.15, 0.2) is 11.1 Å². The maximum absolute atomic E-state index is 13.7. The highest BCUT2D eigenvalue weighted by Gasteiger charge is 2.82. The molecule has 6 rings (SSSR count). The number of epoxide rings is 1. The molecule has 10 nitrogen and oxygen atoms in total. The Morgan fingerprint density at radius 1 is 1.13 bits per heavy atom. The lowest BCUT2D eigenvalue weighted by atomic mass is 9.43. The van der Waals surface area contributed by atoms with E-state index in [9.17, 15) is 32.8 Å². The molecular weight excluding hydrogens is 528 g/mol. The van der Waals surface area contributed by atoms with E-state index in [0.717, 1.165) is 31.3 Å². The molecule has 4 aliphatic carbocycles. The number of carbonyl (C=O) groups excluding carboxylic acids is 2. The number of esters is 1. The van der Waals surface area contributed by atoms with Gasteiger partial charge in [-0.1, -0.05) is 19.4 Å². The molecule has 0 radical (unpaired) electrons. The molecule has 11 heteroatoms. The fourth-order valence-electron chi connectivity index (χ4n) is 10.3. The lowest BCUT2D eigenvalue weighted by Crippen LogP contribution is -2.68. The van der Waals surface area contributed by atoms with Crippen molar-refractivity contribution >= 4 is 22.2 Å². The monoisotopic (exact) mass is 568 g/mol. The molecule has 218 valence electrons. The smallest absolute Gasteiger partial charge is 0.397 e. The van der Waals surface area contributed by atoms with E-state index in [0.29, 0.717) is 30.3 Å². The average Bonchev–Trinajstić information content (AvgIpc) is 3.48. The van der Waals surface area contributed by atoms with Crippen molar-refractivity contribution in [3.63, 3.8) is 0 Å². The van der Waals surface area contributed by atoms with Crippen LogP contribution in [0.2, 0.25) is 0 Å². The van der Waals surface area contributed by atoms with Crippen LogP contribution in [0.3, 0.4) is 0 Å². The van der Waals surface area contributed by atoms with Gasteiger partial charge >= 0.3 is 16.4 Å². The molecule has 3 N–H and O–H groups in total. The van der Waals surface area contributed by atoms with Crippen LogP contribution in [0.25, 0.3) is 0 Å². The third kappa shape index (κ3) is 3.72. The van der Waals surface area contributed by atoms with E-state index < -0.39 is 39.6 Å². The Bertz CT molecular complexity index is 1230. The summed E-state index contributed by atoms with van der Waals surface area (Å²) in [6.07, 6.45) is 1.40. The van der Waals surface area contributed by atoms with Crippen molar-refractivity contribution in [1.82, 2.24) is 0 Å². The van der Waals surface area contributed by atoms with Gasteiger partial charge in [-0.2, -0.15) is 8.42 Å². The molecule has 0 aromatic carbocycles. The Morgan fingerprint density at radius 3 is 2.49 bits per heavy atom. The quantitative estimate of drug-likeness (QED) is 0.255. The Hall–Kier alpha value is -1.37. The minimum atomic E-state index is -4.84. The first-order valence-electron chi connectivity index (χ1n) is 14.2. The number of hydrogen-bond donors (Lipinski definition) is 3. The summed E-state index contributed by atoms with van der Waals surface area (Å²) in [7, 11) is -4.84. The molecule has 2 aliphatic heterocycles. The highest BCUT2D eigenvalue weighted by molar-refractivity contribution is 7.80. The largest absolute Gasteiger partial charge is 0.458 e. The molecule has 0 bridgehead atoms. The van der Waals surface area contributed by atoms with Crippen molar-refractivity contribution in [3.05, 3.63) is 11.1 Å². The lowest BCUT2D eigenvalue weighted by molar-refractivity contribution is -0.178. The summed E-state index contributed by atoms with van der Waals surface area (Å²) in [5, 5.41) is 20.8. The number of hydrogen-bond acceptors (Lipinski definition) is 9. The summed E-state index contributed by atoms with van der Waals surface area (Å²) >= 11 is 0. The van der Waals surface area contributed by atoms with Gasteiger partial charge in [-0.3, -0.25) is 9.35 Å². The van der Waals surface area contributed by atoms with Crippen LogP contribution in [0.5, 0.6) is 0 Å². The highest BCUT2D eigenvalue weighted by Crippen LogP contribution is 2.73. The Balaban J connectivity index is 1.25. The molecule has 0 aromatic heterocycles. The summed E-state index contributed by atoms with van der Waals surface area (Å²) in [4.78, 5) is 26.2. The number of rotatable bonds is 5. The number of ketones is 1. The van der Waals surface area contributed by atoms with Crippen LogP contribution in [0.1, 0.15) is 72.6 Å². The van der Waals surface area contributed by atoms with Crippen molar-refractivity contribution in [2.24, 2.45) is 40.4 Å². The SMILES string of the molecule is CC1=C(CO)C(=O)OC([C@@H](C)C2CCC3C4C[C@H]5OC56[C@@H](O)[C@@H](OS(=O)(=O)O)CC(=O)[C@]6(C)C4CC[C@@]32C)C1. The van der Waals surface area contributed by atoms with Gasteiger partial charge in [-0.15, -0.1) is 0 Å². The number of aliphatic hydroxyl groups is 2. The summed E-state index contributed by atoms with van der Waals surface area (Å²) in [6, 6.07) is 0. The molecular formula is C28H40O10S. The first kappa shape index (κ1) is 27.8. The molecule has 6 unspecified atom stereocenters. The van der Waals surface area contributed by atoms with Gasteiger partial charge in [0.15, 0.2) is 0 Å². The van der Waals surface area contributed by atoms with Crippen molar-refractivity contribution < 1.29 is 46.4 Å². The predicted molar refractivity (Wildman–Crippen MR) is 136 cm³/mol. The van der Waals surface area contributed by atoms with Gasteiger partial charge in [0.25, 0.3) is 0 Å². The first-order chi connectivity index (χ1) is 18.2. The van der Waals surface area contributed by atoms with Crippen LogP contribution in [0, 0.1) is 40.4 Å². The van der Waals surface area contributed by atoms with E-state index in [1.807, 2.05) is 13.8 Å². The van der Waals surface area contributed by atoms with Gasteiger partial charge in [0, 0.05) is 12.8 Å². The van der Waals surface area contributed by atoms with E-state index >= 15 is 0 Å². The molecule has 4 saturated carbocycles. The maximum Gasteiger partial charge on any atom is 0.397 e. The first-order valence-corrected chi connectivity index (χ1v) is 15.6. The van der Waals surface area contributed by atoms with Gasteiger partial charge < -0.3 is 19.7 Å². The zero-order valence-corrected chi connectivity index (χ0v) is 23.8. The fourth-order valence-corrected chi connectivity index (χ4v) is 10.8. The normalized spacial score (nSPS) is 49.9. The van der Waals surface area contributed by atoms with Crippen LogP contribution in [0.4, 0.5) is 0 Å². The fraction of sp³-hybridized carbons (Fsp3) is 0.857. The second-order valence-corrected chi connectivity index (χ2v) is 14.5. The molecule has 2 heterocycles. The molecule has 1 saturated heterocycles. The van der Waals surface area contributed by atoms with Crippen LogP contribution in [-0.4, -0.2) is 71.6 Å². The third-order valence-electron chi connectivity index (χ3n) is 12.2. The summed E-state index contributed by atoms with van der Waals surface area (Å²) < 4.78 is 48.7. The summed E-state index contributed by atoms with van der Waals surface area (Å²) in [6.45, 7) is 7.98. The highest BCUT2D eigenvalue weighted by atomic mass is 32.3. The van der Waals surface area contributed by atoms with Crippen molar-refractivity contribution in [2.45, 2.75) is 103 Å². The minimum Gasteiger partial charge on any atom is -0.458 e. The molecule has 0 amide bonds. The Morgan fingerprint density at radius 2 is 1.85 bits per heavy atom. The van der Waals surface area contributed by atoms with Gasteiger partial charge in [-0.05, 0) is 81.0 Å². The topological polar surface area (TPSA) is 160 Å². The zero-order chi connectivity index (χ0) is 28.3. The van der Waals surface area contributed by atoms with E-state index in [4.69, 9.17) is 13.7 Å². The second-order valence-electron chi connectivity index (χ2n) is 13.5. The Labute approximate surface area is 229 Å². The van der Waals surface area contributed by atoms with Crippen LogP contribution >= 0.6 is 0 Å². The number of aliphatic hydroxyl groups excluding tert-OH is 2. The van der Waals surface area contributed by atoms with Gasteiger partial charge in [-0.25, -0.2) is 8.98 Å². The van der Waals surface area contributed by atoms with Crippen LogP contribution in [-0.2, 0) is 33.6 Å². The summed E-state index contributed by atoms with van der Waals surface area (Å²) in [5.41, 5.74) is -0.905. The number of carbonyl (C=O) groups is 2. The average molecular weight is 569 g/mol. The Kier molecular flexibility index (Phi) is 6.28. The van der Waals surface area contributed by atoms with Gasteiger partial charge in [0.1, 0.15) is 29.7 Å². The molecule has 39 heavy (non-hydrogen) atoms. The van der Waals surface area contributed by atoms with E-state index in [1.54, 1.807) is 0 Å². The maximum atomic E-state index is 13.7. The van der Waals surface area contributed by atoms with E-state index in [-0.39, 0.29) is 54.2 Å². The van der Waals surface area contributed by atoms with Crippen molar-refractivity contribution in [3.8, 4) is 0 Å². The van der Waals surface area contributed by atoms with Gasteiger partial charge in [0.2, 0.25) is 0 Å². The zero-order valence-electron chi connectivity index (χ0n) is 23.0. The standard InChI is InChI=1S/C28H40O10S/c1-13-9-20(36-25(32)16(13)12-29)14(2)17-5-6-18-15-10-23-28(37-23)24(31)21(38-39(33,34)35)11-22(30)27(28,4)19(15)7-8-26(17,18)3/h14-15,17-21,23-24,29,31H,5-12H2,1-4H3,(H,33,34,35)/t14-,15?,17?,18?,19?,20?,21-,23+,24-,26+,27-,28?/m0/s1. The van der Waals surface area contributed by atoms with Gasteiger partial charge in [0.05, 0.1) is 23.7 Å². The van der Waals surface area contributed by atoms with E-state index in [1.165, 1.54) is 0 Å². The van der Waals surface area contributed by atoms with Crippen molar-refractivity contribution in [2.75, 3.05) is 6.61 Å². The van der Waals surface area contributed by atoms with Crippen LogP contribution < -0.4 is 0 Å². The lowest BCUT2D eigenvalue weighted by Gasteiger charge is -2.59. The minimum absolute atomic E-state index is 0.0000588. The predicted octanol–water partition coefficient (Wildman–Crippen LogP) is 2.37. The number of cyclic esters (lactones) is 1. The number of ether oxygens (including phenoxy) is 2. The third-order valence-corrected chi connectivity index (χ3v) is 12.7. The molecule has 0 aromatic rings. The molecule has 5 fully saturated rings.